The van der Waals surface area contributed by atoms with Crippen molar-refractivity contribution in [1.29, 1.82) is 0 Å². The Balaban J connectivity index is 2.10. The molecule has 126 valence electrons. The Morgan fingerprint density at radius 2 is 1.96 bits per heavy atom. The highest BCUT2D eigenvalue weighted by Gasteiger charge is 2.36. The number of rotatable bonds is 6. The molecule has 1 aromatic carbocycles. The molecule has 0 radical (unpaired) electrons. The zero-order valence-electron chi connectivity index (χ0n) is 13.2. The maximum absolute atomic E-state index is 12.5. The zero-order chi connectivity index (χ0) is 16.9. The van der Waals surface area contributed by atoms with Crippen molar-refractivity contribution in [1.82, 2.24) is 0 Å². The number of benzene rings is 1. The standard InChI is InChI=1S/C17H22BrNO4/c1-23-14-6-5-12(18)9-13(14)19-15(20)10-17(11-16(21)22)7-3-2-4-8-17/h5-6,9H,2-4,7-8,10-11H2,1H3,(H,19,20)(H,21,22). The van der Waals surface area contributed by atoms with Crippen molar-refractivity contribution in [2.45, 2.75) is 44.9 Å². The smallest absolute Gasteiger partial charge is 0.303 e. The minimum atomic E-state index is -0.834. The number of aliphatic carboxylic acids is 1. The predicted molar refractivity (Wildman–Crippen MR) is 91.7 cm³/mol. The number of carboxylic acid groups (broad SMARTS) is 1. The minimum Gasteiger partial charge on any atom is -0.495 e. The van der Waals surface area contributed by atoms with Gasteiger partial charge in [-0.25, -0.2) is 0 Å². The summed E-state index contributed by atoms with van der Waals surface area (Å²) in [6.45, 7) is 0. The predicted octanol–water partition coefficient (Wildman–Crippen LogP) is 4.21. The molecule has 1 aliphatic carbocycles. The Morgan fingerprint density at radius 1 is 1.26 bits per heavy atom. The van der Waals surface area contributed by atoms with E-state index < -0.39 is 11.4 Å². The first kappa shape index (κ1) is 17.8. The highest BCUT2D eigenvalue weighted by molar-refractivity contribution is 9.10. The molecule has 1 saturated carbocycles. The van der Waals surface area contributed by atoms with Gasteiger partial charge in [-0.15, -0.1) is 0 Å². The second kappa shape index (κ2) is 7.81. The van der Waals surface area contributed by atoms with Crippen LogP contribution in [-0.4, -0.2) is 24.1 Å². The minimum absolute atomic E-state index is 0.0516. The molecule has 5 nitrogen and oxygen atoms in total. The van der Waals surface area contributed by atoms with Crippen LogP contribution in [-0.2, 0) is 9.59 Å². The number of methoxy groups -OCH3 is 1. The van der Waals surface area contributed by atoms with Gasteiger partial charge in [0.2, 0.25) is 5.91 Å². The molecule has 0 aromatic heterocycles. The number of hydrogen-bond donors (Lipinski definition) is 2. The Bertz CT molecular complexity index is 582. The summed E-state index contributed by atoms with van der Waals surface area (Å²) < 4.78 is 6.09. The SMILES string of the molecule is COc1ccc(Br)cc1NC(=O)CC1(CC(=O)O)CCCCC1. The first-order valence-corrected chi connectivity index (χ1v) is 8.59. The highest BCUT2D eigenvalue weighted by Crippen LogP contribution is 2.42. The van der Waals surface area contributed by atoms with Crippen LogP contribution < -0.4 is 10.1 Å². The van der Waals surface area contributed by atoms with Gasteiger partial charge in [0.1, 0.15) is 5.75 Å². The zero-order valence-corrected chi connectivity index (χ0v) is 14.8. The number of nitrogens with one attached hydrogen (secondary N) is 1. The summed E-state index contributed by atoms with van der Waals surface area (Å²) in [6, 6.07) is 5.39. The average molecular weight is 384 g/mol. The monoisotopic (exact) mass is 383 g/mol. The lowest BCUT2D eigenvalue weighted by atomic mass is 9.69. The third-order valence-corrected chi connectivity index (χ3v) is 4.90. The van der Waals surface area contributed by atoms with Crippen molar-refractivity contribution >= 4 is 33.5 Å². The molecule has 0 bridgehead atoms. The molecule has 23 heavy (non-hydrogen) atoms. The van der Waals surface area contributed by atoms with Gasteiger partial charge in [0, 0.05) is 10.9 Å². The van der Waals surface area contributed by atoms with Gasteiger partial charge < -0.3 is 15.2 Å². The first-order valence-electron chi connectivity index (χ1n) is 7.79. The van der Waals surface area contributed by atoms with Crippen molar-refractivity contribution in [3.8, 4) is 5.75 Å². The molecule has 1 aliphatic rings. The van der Waals surface area contributed by atoms with Crippen LogP contribution in [0.3, 0.4) is 0 Å². The fraction of sp³-hybridized carbons (Fsp3) is 0.529. The summed E-state index contributed by atoms with van der Waals surface area (Å²) in [7, 11) is 1.55. The van der Waals surface area contributed by atoms with E-state index in [-0.39, 0.29) is 18.7 Å². The van der Waals surface area contributed by atoms with Gasteiger partial charge in [0.25, 0.3) is 0 Å². The molecule has 2 N–H and O–H groups in total. The molecular formula is C17H22BrNO4. The van der Waals surface area contributed by atoms with Crippen LogP contribution in [0.4, 0.5) is 5.69 Å². The highest BCUT2D eigenvalue weighted by atomic mass is 79.9. The van der Waals surface area contributed by atoms with Crippen LogP contribution in [0, 0.1) is 5.41 Å². The van der Waals surface area contributed by atoms with Gasteiger partial charge in [-0.1, -0.05) is 35.2 Å². The molecule has 1 fully saturated rings. The first-order chi connectivity index (χ1) is 10.9. The maximum Gasteiger partial charge on any atom is 0.303 e. The Hall–Kier alpha value is -1.56. The van der Waals surface area contributed by atoms with Gasteiger partial charge in [-0.2, -0.15) is 0 Å². The molecule has 0 saturated heterocycles. The fourth-order valence-electron chi connectivity index (χ4n) is 3.35. The summed E-state index contributed by atoms with van der Waals surface area (Å²) >= 11 is 3.37. The van der Waals surface area contributed by atoms with E-state index in [1.165, 1.54) is 0 Å². The average Bonchev–Trinajstić information content (AvgIpc) is 2.47. The molecule has 0 atom stereocenters. The van der Waals surface area contributed by atoms with E-state index in [1.807, 2.05) is 6.07 Å². The molecule has 1 aromatic rings. The third kappa shape index (κ3) is 4.96. The Morgan fingerprint density at radius 3 is 2.57 bits per heavy atom. The second-order valence-electron chi connectivity index (χ2n) is 6.20. The summed E-state index contributed by atoms with van der Waals surface area (Å²) in [5, 5.41) is 12.1. The van der Waals surface area contributed by atoms with Crippen LogP contribution in [0.15, 0.2) is 22.7 Å². The number of amides is 1. The van der Waals surface area contributed by atoms with Crippen molar-refractivity contribution in [2.24, 2.45) is 5.41 Å². The summed E-state index contributed by atoms with van der Waals surface area (Å²) in [5.74, 6) is -0.415. The number of carboxylic acids is 1. The van der Waals surface area contributed by atoms with Gasteiger partial charge in [-0.3, -0.25) is 9.59 Å². The molecule has 2 rings (SSSR count). The van der Waals surface area contributed by atoms with E-state index in [9.17, 15) is 14.7 Å². The van der Waals surface area contributed by atoms with Crippen molar-refractivity contribution in [2.75, 3.05) is 12.4 Å². The Labute approximate surface area is 144 Å². The van der Waals surface area contributed by atoms with E-state index in [2.05, 4.69) is 21.2 Å². The van der Waals surface area contributed by atoms with E-state index in [0.717, 1.165) is 36.6 Å². The van der Waals surface area contributed by atoms with Crippen molar-refractivity contribution < 1.29 is 19.4 Å². The summed E-state index contributed by atoms with van der Waals surface area (Å²) in [6.07, 6.45) is 4.96. The molecule has 6 heteroatoms. The van der Waals surface area contributed by atoms with Crippen LogP contribution in [0.5, 0.6) is 5.75 Å². The quantitative estimate of drug-likeness (QED) is 0.771. The number of anilines is 1. The van der Waals surface area contributed by atoms with Crippen LogP contribution in [0.1, 0.15) is 44.9 Å². The van der Waals surface area contributed by atoms with Crippen molar-refractivity contribution in [3.05, 3.63) is 22.7 Å². The number of ether oxygens (including phenoxy) is 1. The van der Waals surface area contributed by atoms with Gasteiger partial charge in [0.05, 0.1) is 19.2 Å². The summed E-state index contributed by atoms with van der Waals surface area (Å²) in [5.41, 5.74) is 0.168. The van der Waals surface area contributed by atoms with Crippen molar-refractivity contribution in [3.63, 3.8) is 0 Å². The van der Waals surface area contributed by atoms with E-state index in [1.54, 1.807) is 19.2 Å². The number of hydrogen-bond acceptors (Lipinski definition) is 3. The van der Waals surface area contributed by atoms with Gasteiger partial charge in [-0.05, 0) is 36.5 Å². The number of carbonyl (C=O) groups excluding carboxylic acids is 1. The van der Waals surface area contributed by atoms with E-state index in [0.29, 0.717) is 11.4 Å². The molecule has 0 unspecified atom stereocenters. The lowest BCUT2D eigenvalue weighted by molar-refractivity contribution is -0.140. The van der Waals surface area contributed by atoms with Gasteiger partial charge in [0.15, 0.2) is 0 Å². The lowest BCUT2D eigenvalue weighted by Gasteiger charge is -2.35. The molecular weight excluding hydrogens is 362 g/mol. The molecule has 1 amide bonds. The maximum atomic E-state index is 12.5. The van der Waals surface area contributed by atoms with Crippen LogP contribution in [0.25, 0.3) is 0 Å². The third-order valence-electron chi connectivity index (χ3n) is 4.41. The largest absolute Gasteiger partial charge is 0.495 e. The van der Waals surface area contributed by atoms with E-state index in [4.69, 9.17) is 4.74 Å². The molecule has 0 aliphatic heterocycles. The number of carbonyl (C=O) groups is 2. The van der Waals surface area contributed by atoms with Crippen LogP contribution in [0.2, 0.25) is 0 Å². The molecule has 0 heterocycles. The number of halogens is 1. The lowest BCUT2D eigenvalue weighted by Crippen LogP contribution is -2.32. The Kier molecular flexibility index (Phi) is 6.04. The second-order valence-corrected chi connectivity index (χ2v) is 7.12. The van der Waals surface area contributed by atoms with E-state index >= 15 is 0 Å². The van der Waals surface area contributed by atoms with Gasteiger partial charge >= 0.3 is 5.97 Å². The normalized spacial score (nSPS) is 16.6. The topological polar surface area (TPSA) is 75.6 Å². The summed E-state index contributed by atoms with van der Waals surface area (Å²) in [4.78, 5) is 23.7. The molecule has 0 spiro atoms. The fourth-order valence-corrected chi connectivity index (χ4v) is 3.71. The van der Waals surface area contributed by atoms with Crippen LogP contribution >= 0.6 is 15.9 Å².